The van der Waals surface area contributed by atoms with Crippen molar-refractivity contribution in [3.05, 3.63) is 89.4 Å². The van der Waals surface area contributed by atoms with Crippen LogP contribution in [0.25, 0.3) is 0 Å². The van der Waals surface area contributed by atoms with Crippen LogP contribution in [0.1, 0.15) is 40.1 Å². The number of hydrogen-bond donors (Lipinski definition) is 1. The van der Waals surface area contributed by atoms with Crippen LogP contribution >= 0.6 is 0 Å². The number of rotatable bonds is 8. The summed E-state index contributed by atoms with van der Waals surface area (Å²) < 4.78 is 33.3. The molecule has 1 amide bonds. The Morgan fingerprint density at radius 2 is 1.87 bits per heavy atom. The van der Waals surface area contributed by atoms with Crippen LogP contribution in [-0.4, -0.2) is 24.7 Å². The van der Waals surface area contributed by atoms with Gasteiger partial charge < -0.3 is 9.73 Å². The van der Waals surface area contributed by atoms with Gasteiger partial charge in [0.25, 0.3) is 5.91 Å². The van der Waals surface area contributed by atoms with Crippen LogP contribution in [0.2, 0.25) is 0 Å². The molecule has 3 aromatic rings. The van der Waals surface area contributed by atoms with Crippen molar-refractivity contribution < 1.29 is 17.6 Å². The summed E-state index contributed by atoms with van der Waals surface area (Å²) in [5.41, 5.74) is 1.54. The van der Waals surface area contributed by atoms with Gasteiger partial charge >= 0.3 is 0 Å². The van der Waals surface area contributed by atoms with Gasteiger partial charge in [-0.1, -0.05) is 18.2 Å². The highest BCUT2D eigenvalue weighted by atomic mass is 32.2. The van der Waals surface area contributed by atoms with E-state index in [1.165, 1.54) is 22.7 Å². The van der Waals surface area contributed by atoms with Gasteiger partial charge in [-0.05, 0) is 60.9 Å². The highest BCUT2D eigenvalue weighted by molar-refractivity contribution is 7.89. The molecule has 1 saturated carbocycles. The van der Waals surface area contributed by atoms with E-state index in [9.17, 15) is 13.2 Å². The van der Waals surface area contributed by atoms with Crippen molar-refractivity contribution in [3.8, 4) is 6.07 Å². The molecule has 1 aliphatic carbocycles. The summed E-state index contributed by atoms with van der Waals surface area (Å²) in [4.78, 5) is 12.2. The number of hydrogen-bond acceptors (Lipinski definition) is 5. The van der Waals surface area contributed by atoms with Crippen molar-refractivity contribution in [1.29, 1.82) is 5.26 Å². The second kappa shape index (κ2) is 8.76. The number of carbonyl (C=O) groups excluding carboxylic acids is 1. The second-order valence-corrected chi connectivity index (χ2v) is 9.37. The number of amides is 1. The van der Waals surface area contributed by atoms with Crippen LogP contribution in [0, 0.1) is 11.3 Å². The highest BCUT2D eigenvalue weighted by Crippen LogP contribution is 2.23. The Bertz CT molecular complexity index is 1210. The highest BCUT2D eigenvalue weighted by Gasteiger charge is 2.27. The minimum absolute atomic E-state index is 0.0377. The molecule has 1 aliphatic rings. The molecule has 0 saturated heterocycles. The molecule has 7 nitrogen and oxygen atoms in total. The summed E-state index contributed by atoms with van der Waals surface area (Å²) in [6, 6.07) is 18.5. The van der Waals surface area contributed by atoms with E-state index >= 15 is 0 Å². The van der Waals surface area contributed by atoms with Crippen LogP contribution in [0.15, 0.2) is 76.2 Å². The van der Waals surface area contributed by atoms with Gasteiger partial charge in [-0.25, -0.2) is 8.42 Å². The number of furan rings is 1. The summed E-state index contributed by atoms with van der Waals surface area (Å²) >= 11 is 0. The van der Waals surface area contributed by atoms with Crippen molar-refractivity contribution in [2.45, 2.75) is 36.9 Å². The lowest BCUT2D eigenvalue weighted by Crippen LogP contribution is -2.30. The van der Waals surface area contributed by atoms with Crippen molar-refractivity contribution in [2.24, 2.45) is 0 Å². The lowest BCUT2D eigenvalue weighted by Gasteiger charge is -2.21. The van der Waals surface area contributed by atoms with Gasteiger partial charge in [0.05, 0.1) is 29.3 Å². The zero-order valence-electron chi connectivity index (χ0n) is 16.7. The van der Waals surface area contributed by atoms with Crippen LogP contribution in [0.4, 0.5) is 0 Å². The zero-order valence-corrected chi connectivity index (χ0v) is 17.5. The van der Waals surface area contributed by atoms with Crippen LogP contribution < -0.4 is 5.32 Å². The van der Waals surface area contributed by atoms with Gasteiger partial charge in [-0.3, -0.25) is 4.79 Å². The van der Waals surface area contributed by atoms with E-state index in [4.69, 9.17) is 9.68 Å². The third-order valence-electron chi connectivity index (χ3n) is 5.00. The topological polar surface area (TPSA) is 103 Å². The molecule has 0 bridgehead atoms. The molecule has 158 valence electrons. The average molecular weight is 436 g/mol. The lowest BCUT2D eigenvalue weighted by atomic mass is 10.1. The number of nitriles is 1. The monoisotopic (exact) mass is 435 g/mol. The number of carbonyl (C=O) groups is 1. The van der Waals surface area contributed by atoms with Gasteiger partial charge in [0.1, 0.15) is 5.76 Å². The number of sulfonamides is 1. The van der Waals surface area contributed by atoms with Crippen molar-refractivity contribution in [1.82, 2.24) is 9.62 Å². The van der Waals surface area contributed by atoms with E-state index < -0.39 is 10.0 Å². The number of nitrogens with zero attached hydrogens (tertiary/aromatic N) is 2. The molecular weight excluding hydrogens is 414 g/mol. The van der Waals surface area contributed by atoms with E-state index in [2.05, 4.69) is 5.32 Å². The fourth-order valence-electron chi connectivity index (χ4n) is 3.14. The quantitative estimate of drug-likeness (QED) is 0.584. The lowest BCUT2D eigenvalue weighted by molar-refractivity contribution is 0.0951. The molecule has 0 spiro atoms. The second-order valence-electron chi connectivity index (χ2n) is 7.44. The Kier molecular flexibility index (Phi) is 5.89. The third-order valence-corrected chi connectivity index (χ3v) is 6.79. The Labute approximate surface area is 181 Å². The van der Waals surface area contributed by atoms with E-state index in [0.717, 1.165) is 18.4 Å². The Hall–Kier alpha value is -3.41. The maximum Gasteiger partial charge on any atom is 0.251 e. The van der Waals surface area contributed by atoms with Gasteiger partial charge in [0.2, 0.25) is 10.0 Å². The first-order valence-electron chi connectivity index (χ1n) is 9.88. The van der Waals surface area contributed by atoms with E-state index in [0.29, 0.717) is 11.3 Å². The number of nitrogens with one attached hydrogen (secondary N) is 1. The summed E-state index contributed by atoms with van der Waals surface area (Å²) in [6.45, 7) is 0.125. The minimum atomic E-state index is -3.90. The van der Waals surface area contributed by atoms with Crippen LogP contribution in [-0.2, 0) is 23.1 Å². The molecule has 1 heterocycles. The predicted molar refractivity (Wildman–Crippen MR) is 113 cm³/mol. The number of benzene rings is 2. The summed E-state index contributed by atoms with van der Waals surface area (Å²) in [7, 11) is -3.90. The maximum absolute atomic E-state index is 13.3. The fraction of sp³-hybridized carbons (Fsp3) is 0.217. The van der Waals surface area contributed by atoms with Crippen molar-refractivity contribution in [3.63, 3.8) is 0 Å². The SMILES string of the molecule is N#Cc1cccc(S(=O)(=O)N(Cc2ccc(C(=O)NC3CC3)cc2)Cc2ccco2)c1. The molecule has 0 unspecified atom stereocenters. The molecule has 0 aliphatic heterocycles. The predicted octanol–water partition coefficient (Wildman–Crippen LogP) is 3.43. The summed E-state index contributed by atoms with van der Waals surface area (Å²) in [6.07, 6.45) is 3.51. The normalized spacial score (nSPS) is 13.7. The first kappa shape index (κ1) is 20.8. The summed E-state index contributed by atoms with van der Waals surface area (Å²) in [5, 5.41) is 12.1. The Balaban J connectivity index is 1.59. The van der Waals surface area contributed by atoms with Gasteiger partial charge in [-0.2, -0.15) is 9.57 Å². The van der Waals surface area contributed by atoms with Crippen molar-refractivity contribution in [2.75, 3.05) is 0 Å². The third kappa shape index (κ3) is 5.02. The standard InChI is InChI=1S/C23H21N3O4S/c24-14-18-3-1-5-22(13-18)31(28,29)26(16-21-4-2-12-30-21)15-17-6-8-19(9-7-17)23(27)25-20-10-11-20/h1-9,12-13,20H,10-11,15-16H2,(H,25,27). The molecule has 1 aromatic heterocycles. The summed E-state index contributed by atoms with van der Waals surface area (Å²) in [5.74, 6) is 0.378. The molecule has 2 aromatic carbocycles. The minimum Gasteiger partial charge on any atom is -0.468 e. The van der Waals surface area contributed by atoms with E-state index in [1.807, 2.05) is 6.07 Å². The largest absolute Gasteiger partial charge is 0.468 e. The van der Waals surface area contributed by atoms with Gasteiger partial charge in [-0.15, -0.1) is 0 Å². The molecule has 0 radical (unpaired) electrons. The van der Waals surface area contributed by atoms with Gasteiger partial charge in [0, 0.05) is 18.2 Å². The maximum atomic E-state index is 13.3. The molecule has 4 rings (SSSR count). The fourth-order valence-corrected chi connectivity index (χ4v) is 4.58. The van der Waals surface area contributed by atoms with Crippen molar-refractivity contribution >= 4 is 15.9 Å². The molecular formula is C23H21N3O4S. The zero-order chi connectivity index (χ0) is 21.8. The molecule has 1 fully saturated rings. The van der Waals surface area contributed by atoms with Crippen LogP contribution in [0.5, 0.6) is 0 Å². The molecule has 8 heteroatoms. The smallest absolute Gasteiger partial charge is 0.251 e. The Morgan fingerprint density at radius 1 is 1.10 bits per heavy atom. The van der Waals surface area contributed by atoms with E-state index in [-0.39, 0.29) is 35.5 Å². The first-order chi connectivity index (χ1) is 15.0. The molecule has 31 heavy (non-hydrogen) atoms. The molecule has 1 N–H and O–H groups in total. The molecule has 0 atom stereocenters. The van der Waals surface area contributed by atoms with Gasteiger partial charge in [0.15, 0.2) is 0 Å². The Morgan fingerprint density at radius 3 is 2.52 bits per heavy atom. The van der Waals surface area contributed by atoms with E-state index in [1.54, 1.807) is 48.5 Å². The van der Waals surface area contributed by atoms with Crippen LogP contribution in [0.3, 0.4) is 0 Å². The average Bonchev–Trinajstić information content (AvgIpc) is 3.45. The first-order valence-corrected chi connectivity index (χ1v) is 11.3.